The summed E-state index contributed by atoms with van der Waals surface area (Å²) in [6.45, 7) is 0.721. The molecule has 39 heavy (non-hydrogen) atoms. The van der Waals surface area contributed by atoms with Gasteiger partial charge < -0.3 is 9.47 Å². The van der Waals surface area contributed by atoms with Gasteiger partial charge in [-0.3, -0.25) is 14.5 Å². The van der Waals surface area contributed by atoms with Crippen LogP contribution in [0.25, 0.3) is 0 Å². The Morgan fingerprint density at radius 3 is 2.31 bits per heavy atom. The number of ether oxygens (including phenoxy) is 2. The Balaban J connectivity index is 1.68. The van der Waals surface area contributed by atoms with Gasteiger partial charge in [-0.05, 0) is 64.7 Å². The Bertz CT molecular complexity index is 1360. The van der Waals surface area contributed by atoms with Crippen LogP contribution in [0.2, 0.25) is 0 Å². The number of alkyl halides is 4. The highest BCUT2D eigenvalue weighted by Gasteiger charge is 2.44. The molecule has 3 aromatic rings. The van der Waals surface area contributed by atoms with E-state index >= 15 is 0 Å². The number of rotatable bonds is 9. The molecule has 206 valence electrons. The van der Waals surface area contributed by atoms with Crippen LogP contribution < -0.4 is 25.0 Å². The van der Waals surface area contributed by atoms with E-state index in [1.807, 2.05) is 0 Å². The number of ketones is 1. The van der Waals surface area contributed by atoms with Crippen molar-refractivity contribution < 1.29 is 36.6 Å². The van der Waals surface area contributed by atoms with Crippen LogP contribution in [-0.4, -0.2) is 36.4 Å². The Kier molecular flexibility index (Phi) is 8.57. The molecule has 2 unspecified atom stereocenters. The van der Waals surface area contributed by atoms with E-state index in [1.54, 1.807) is 12.1 Å². The normalized spacial score (nSPS) is 17.6. The minimum atomic E-state index is -3.38. The Morgan fingerprint density at radius 1 is 1.10 bits per heavy atom. The molecule has 6 nitrogen and oxygen atoms in total. The van der Waals surface area contributed by atoms with Gasteiger partial charge in [0.25, 0.3) is 6.43 Å². The molecular formula is C27H26F4N2O4P2. The van der Waals surface area contributed by atoms with Gasteiger partial charge in [0.15, 0.2) is 5.78 Å². The molecule has 1 aromatic heterocycles. The lowest BCUT2D eigenvalue weighted by Crippen LogP contribution is -2.29. The van der Waals surface area contributed by atoms with Crippen molar-refractivity contribution in [1.29, 1.82) is 0 Å². The number of carbonyl (C=O) groups is 2. The highest BCUT2D eigenvalue weighted by Crippen LogP contribution is 2.39. The number of methoxy groups -OCH3 is 1. The summed E-state index contributed by atoms with van der Waals surface area (Å²) in [4.78, 5) is 32.3. The van der Waals surface area contributed by atoms with Crippen molar-refractivity contribution >= 4 is 46.6 Å². The highest BCUT2D eigenvalue weighted by atomic mass is 31.0. The predicted molar refractivity (Wildman–Crippen MR) is 146 cm³/mol. The number of anilines is 1. The summed E-state index contributed by atoms with van der Waals surface area (Å²) >= 11 is 0. The number of hydrogen-bond acceptors (Lipinski definition) is 5. The maximum absolute atomic E-state index is 13.7. The zero-order valence-corrected chi connectivity index (χ0v) is 23.3. The van der Waals surface area contributed by atoms with Crippen LogP contribution in [0.5, 0.6) is 11.5 Å². The number of benzene rings is 2. The Labute approximate surface area is 227 Å². The molecule has 0 aliphatic carbocycles. The fraction of sp³-hybridized carbons (Fsp3) is 0.296. The summed E-state index contributed by atoms with van der Waals surface area (Å²) in [5, 5.41) is 1.51. The molecule has 1 saturated heterocycles. The van der Waals surface area contributed by atoms with Crippen LogP contribution in [0.1, 0.15) is 47.3 Å². The number of carbonyl (C=O) groups excluding carboxylic acids is 2. The maximum atomic E-state index is 13.7. The molecule has 0 saturated carbocycles. The highest BCUT2D eigenvalue weighted by molar-refractivity contribution is 7.29. The molecule has 1 aliphatic heterocycles. The molecule has 2 aromatic carbocycles. The van der Waals surface area contributed by atoms with Crippen molar-refractivity contribution in [3.05, 3.63) is 71.4 Å². The zero-order valence-electron chi connectivity index (χ0n) is 21.0. The van der Waals surface area contributed by atoms with Gasteiger partial charge in [-0.2, -0.15) is 8.78 Å². The maximum Gasteiger partial charge on any atom is 0.394 e. The molecule has 4 rings (SSSR count). The van der Waals surface area contributed by atoms with Crippen LogP contribution in [0.4, 0.5) is 23.4 Å². The zero-order chi connectivity index (χ0) is 28.5. The van der Waals surface area contributed by atoms with E-state index in [9.17, 15) is 27.2 Å². The summed E-state index contributed by atoms with van der Waals surface area (Å²) in [7, 11) is 6.76. The smallest absolute Gasteiger partial charge is 0.394 e. The van der Waals surface area contributed by atoms with Gasteiger partial charge in [0, 0.05) is 31.4 Å². The fourth-order valence-corrected chi connectivity index (χ4v) is 5.93. The van der Waals surface area contributed by atoms with E-state index in [-0.39, 0.29) is 35.9 Å². The number of nitrogens with zero attached hydrogens (tertiary/aromatic N) is 2. The van der Waals surface area contributed by atoms with E-state index in [0.717, 1.165) is 16.2 Å². The first-order valence-electron chi connectivity index (χ1n) is 11.9. The molecule has 2 heterocycles. The first kappa shape index (κ1) is 28.9. The number of hydrogen-bond donors (Lipinski definition) is 0. The molecule has 4 atom stereocenters. The summed E-state index contributed by atoms with van der Waals surface area (Å²) < 4.78 is 62.8. The number of aromatic nitrogens is 1. The molecule has 0 bridgehead atoms. The molecule has 12 heteroatoms. The lowest BCUT2D eigenvalue weighted by Gasteiger charge is -2.21. The van der Waals surface area contributed by atoms with Crippen LogP contribution >= 0.6 is 18.5 Å². The monoisotopic (exact) mass is 580 g/mol. The van der Waals surface area contributed by atoms with E-state index in [2.05, 4.69) is 28.2 Å². The van der Waals surface area contributed by atoms with Crippen molar-refractivity contribution in [2.75, 3.05) is 18.6 Å². The van der Waals surface area contributed by atoms with Crippen LogP contribution in [0.15, 0.2) is 54.6 Å². The average molecular weight is 580 g/mol. The van der Waals surface area contributed by atoms with Crippen molar-refractivity contribution in [2.45, 2.75) is 31.8 Å². The van der Waals surface area contributed by atoms with Crippen molar-refractivity contribution in [3.63, 3.8) is 0 Å². The number of amides is 1. The SMILES string of the molecule is COc1cc(P)c([C@@H]2CN(c3cccc(C(F)F)n3)C(=O)[C@H]2CC(=O)c2ccc(OC(C)(F)F)cc2)c(P)c1. The van der Waals surface area contributed by atoms with Gasteiger partial charge in [-0.15, -0.1) is 18.5 Å². The Morgan fingerprint density at radius 2 is 1.74 bits per heavy atom. The third-order valence-corrected chi connectivity index (χ3v) is 7.36. The van der Waals surface area contributed by atoms with E-state index < -0.39 is 36.0 Å². The van der Waals surface area contributed by atoms with Gasteiger partial charge in [0.1, 0.15) is 23.0 Å². The van der Waals surface area contributed by atoms with Crippen molar-refractivity contribution in [2.24, 2.45) is 5.92 Å². The van der Waals surface area contributed by atoms with Gasteiger partial charge in [0.05, 0.1) is 13.0 Å². The van der Waals surface area contributed by atoms with Gasteiger partial charge >= 0.3 is 6.11 Å². The topological polar surface area (TPSA) is 68.7 Å². The van der Waals surface area contributed by atoms with E-state index in [0.29, 0.717) is 12.7 Å². The summed E-state index contributed by atoms with van der Waals surface area (Å²) in [6.07, 6.45) is -6.38. The molecular weight excluding hydrogens is 554 g/mol. The fourth-order valence-electron chi connectivity index (χ4n) is 4.68. The third-order valence-electron chi connectivity index (χ3n) is 6.41. The number of Topliss-reactive ketones (excluding diaryl/α,β-unsaturated/α-hetero) is 1. The van der Waals surface area contributed by atoms with Gasteiger partial charge in [-0.25, -0.2) is 13.8 Å². The average Bonchev–Trinajstić information content (AvgIpc) is 3.18. The predicted octanol–water partition coefficient (Wildman–Crippen LogP) is 5.04. The van der Waals surface area contributed by atoms with E-state index in [4.69, 9.17) is 4.74 Å². The molecule has 0 spiro atoms. The van der Waals surface area contributed by atoms with E-state index in [1.165, 1.54) is 54.5 Å². The largest absolute Gasteiger partial charge is 0.497 e. The van der Waals surface area contributed by atoms with Crippen LogP contribution in [0.3, 0.4) is 0 Å². The number of halogens is 4. The molecule has 1 amide bonds. The van der Waals surface area contributed by atoms with Crippen molar-refractivity contribution in [1.82, 2.24) is 4.98 Å². The second kappa shape index (κ2) is 11.6. The van der Waals surface area contributed by atoms with Gasteiger partial charge in [0.2, 0.25) is 5.91 Å². The molecule has 1 fully saturated rings. The lowest BCUT2D eigenvalue weighted by molar-refractivity contribution is -0.158. The first-order chi connectivity index (χ1) is 18.4. The second-order valence-electron chi connectivity index (χ2n) is 9.16. The standard InChI is InChI=1S/C27H26F4N2O4P2/c1-27(30,31)37-15-8-6-14(7-9-15)20(34)12-17-18(24-21(38)10-16(36-2)11-22(24)39)13-33(26(17)35)23-5-3-4-19(32-23)25(28)29/h3-11,17-18,25H,12-13,38-39H2,1-2H3/t17-,18+/m0/s1. The summed E-state index contributed by atoms with van der Waals surface area (Å²) in [5.74, 6) is -1.56. The van der Waals surface area contributed by atoms with Crippen LogP contribution in [-0.2, 0) is 4.79 Å². The Hall–Kier alpha value is -3.09. The van der Waals surface area contributed by atoms with Gasteiger partial charge in [-0.1, -0.05) is 6.07 Å². The minimum Gasteiger partial charge on any atom is -0.497 e. The third kappa shape index (κ3) is 6.56. The van der Waals surface area contributed by atoms with Crippen LogP contribution in [0, 0.1) is 5.92 Å². The first-order valence-corrected chi connectivity index (χ1v) is 13.0. The quantitative estimate of drug-likeness (QED) is 0.202. The molecule has 0 radical (unpaired) electrons. The summed E-state index contributed by atoms with van der Waals surface area (Å²) in [5.41, 5.74) is 0.550. The van der Waals surface area contributed by atoms with Crippen molar-refractivity contribution in [3.8, 4) is 11.5 Å². The summed E-state index contributed by atoms with van der Waals surface area (Å²) in [6, 6.07) is 12.9. The second-order valence-corrected chi connectivity index (χ2v) is 10.4. The lowest BCUT2D eigenvalue weighted by atomic mass is 9.84. The molecule has 1 aliphatic rings. The minimum absolute atomic E-state index is 0.0730. The number of pyridine rings is 1. The molecule has 0 N–H and O–H groups in total.